The molecule has 0 amide bonds. The Kier molecular flexibility index (Phi) is 7.30. The Bertz CT molecular complexity index is 434. The van der Waals surface area contributed by atoms with Gasteiger partial charge in [0.05, 0.1) is 6.26 Å². The molecule has 0 bridgehead atoms. The predicted molar refractivity (Wildman–Crippen MR) is 85.4 cm³/mol. The predicted octanol–water partition coefficient (Wildman–Crippen LogP) is 1.63. The average molecular weight is 318 g/mol. The van der Waals surface area contributed by atoms with Crippen LogP contribution in [0.2, 0.25) is 0 Å². The Balaban J connectivity index is 2.47. The van der Waals surface area contributed by atoms with Crippen LogP contribution in [0.3, 0.4) is 0 Å². The van der Waals surface area contributed by atoms with Crippen molar-refractivity contribution >= 4 is 15.8 Å². The van der Waals surface area contributed by atoms with E-state index in [4.69, 9.17) is 5.73 Å². The van der Waals surface area contributed by atoms with Crippen LogP contribution in [0.4, 0.5) is 0 Å². The Hall–Kier alpha value is -0.460. The maximum Gasteiger partial charge on any atom is 0.211 e. The molecule has 0 aromatic carbocycles. The van der Waals surface area contributed by atoms with Crippen LogP contribution in [-0.2, 0) is 14.8 Å². The summed E-state index contributed by atoms with van der Waals surface area (Å²) in [7, 11) is -3.14. The van der Waals surface area contributed by atoms with Gasteiger partial charge in [0.1, 0.15) is 5.78 Å². The molecule has 124 valence electrons. The van der Waals surface area contributed by atoms with Crippen LogP contribution in [0.15, 0.2) is 0 Å². The molecule has 1 rings (SSSR count). The normalized spacial score (nSPS) is 22.4. The number of rotatable bonds is 8. The highest BCUT2D eigenvalue weighted by Crippen LogP contribution is 2.24. The fourth-order valence-corrected chi connectivity index (χ4v) is 4.09. The van der Waals surface area contributed by atoms with Crippen LogP contribution in [0.25, 0.3) is 0 Å². The number of sulfonamides is 1. The standard InChI is InChI=1S/C15H30N2O3S/c1-12(2)7-14(10-16)9-15(18)8-13-5-4-6-17(11-13)21(3,19)20/h12-14H,4-11,16H2,1-3H3. The summed E-state index contributed by atoms with van der Waals surface area (Å²) < 4.78 is 24.7. The zero-order chi connectivity index (χ0) is 16.0. The van der Waals surface area contributed by atoms with Crippen molar-refractivity contribution in [2.24, 2.45) is 23.5 Å². The number of Topliss-reactive ketones (excluding diaryl/α,β-unsaturated/α-hetero) is 1. The minimum atomic E-state index is -3.14. The van der Waals surface area contributed by atoms with Gasteiger partial charge in [-0.25, -0.2) is 12.7 Å². The first-order valence-electron chi connectivity index (χ1n) is 7.89. The lowest BCUT2D eigenvalue weighted by atomic mass is 9.88. The zero-order valence-corrected chi connectivity index (χ0v) is 14.4. The van der Waals surface area contributed by atoms with E-state index in [0.717, 1.165) is 19.3 Å². The number of ketones is 1. The van der Waals surface area contributed by atoms with E-state index in [-0.39, 0.29) is 17.6 Å². The minimum absolute atomic E-state index is 0.165. The molecule has 1 aliphatic rings. The Morgan fingerprint density at radius 1 is 1.38 bits per heavy atom. The molecule has 0 aromatic heterocycles. The van der Waals surface area contributed by atoms with E-state index in [1.807, 2.05) is 0 Å². The van der Waals surface area contributed by atoms with Crippen LogP contribution in [-0.4, -0.2) is 44.4 Å². The number of carbonyl (C=O) groups is 1. The molecule has 2 N–H and O–H groups in total. The fourth-order valence-electron chi connectivity index (χ4n) is 3.15. The Morgan fingerprint density at radius 3 is 2.57 bits per heavy atom. The van der Waals surface area contributed by atoms with Crippen molar-refractivity contribution in [1.82, 2.24) is 4.31 Å². The van der Waals surface area contributed by atoms with Gasteiger partial charge in [-0.15, -0.1) is 0 Å². The first-order valence-corrected chi connectivity index (χ1v) is 9.74. The van der Waals surface area contributed by atoms with Crippen molar-refractivity contribution in [3.05, 3.63) is 0 Å². The highest BCUT2D eigenvalue weighted by atomic mass is 32.2. The van der Waals surface area contributed by atoms with Crippen LogP contribution in [0.1, 0.15) is 46.0 Å². The van der Waals surface area contributed by atoms with Gasteiger partial charge in [0.15, 0.2) is 0 Å². The van der Waals surface area contributed by atoms with E-state index in [1.165, 1.54) is 10.6 Å². The molecule has 0 aromatic rings. The number of hydrogen-bond donors (Lipinski definition) is 1. The van der Waals surface area contributed by atoms with Gasteiger partial charge in [0.2, 0.25) is 10.0 Å². The summed E-state index contributed by atoms with van der Waals surface area (Å²) in [5.41, 5.74) is 5.74. The molecule has 2 unspecified atom stereocenters. The van der Waals surface area contributed by atoms with E-state index in [1.54, 1.807) is 0 Å². The van der Waals surface area contributed by atoms with Gasteiger partial charge in [0, 0.05) is 25.9 Å². The maximum atomic E-state index is 12.2. The number of piperidine rings is 1. The first kappa shape index (κ1) is 18.6. The molecular weight excluding hydrogens is 288 g/mol. The summed E-state index contributed by atoms with van der Waals surface area (Å²) in [5, 5.41) is 0. The largest absolute Gasteiger partial charge is 0.330 e. The second kappa shape index (κ2) is 8.25. The number of nitrogens with zero attached hydrogens (tertiary/aromatic N) is 1. The highest BCUT2D eigenvalue weighted by molar-refractivity contribution is 7.88. The lowest BCUT2D eigenvalue weighted by Crippen LogP contribution is -2.40. The maximum absolute atomic E-state index is 12.2. The lowest BCUT2D eigenvalue weighted by Gasteiger charge is -2.30. The second-order valence-electron chi connectivity index (χ2n) is 6.81. The van der Waals surface area contributed by atoms with Gasteiger partial charge >= 0.3 is 0 Å². The summed E-state index contributed by atoms with van der Waals surface area (Å²) in [4.78, 5) is 12.2. The number of nitrogens with two attached hydrogens (primary N) is 1. The summed E-state index contributed by atoms with van der Waals surface area (Å²) in [6, 6.07) is 0. The van der Waals surface area contributed by atoms with E-state index in [0.29, 0.717) is 38.4 Å². The van der Waals surface area contributed by atoms with Gasteiger partial charge in [-0.3, -0.25) is 4.79 Å². The molecule has 2 atom stereocenters. The molecule has 1 fully saturated rings. The molecule has 0 radical (unpaired) electrons. The first-order chi connectivity index (χ1) is 9.72. The quantitative estimate of drug-likeness (QED) is 0.737. The van der Waals surface area contributed by atoms with Gasteiger partial charge < -0.3 is 5.73 Å². The van der Waals surface area contributed by atoms with E-state index >= 15 is 0 Å². The Labute approximate surface area is 129 Å². The SMILES string of the molecule is CC(C)CC(CN)CC(=O)CC1CCCN(S(C)(=O)=O)C1. The van der Waals surface area contributed by atoms with Crippen molar-refractivity contribution in [2.45, 2.75) is 46.0 Å². The molecule has 1 aliphatic heterocycles. The average Bonchev–Trinajstić information content (AvgIpc) is 2.36. The minimum Gasteiger partial charge on any atom is -0.330 e. The molecule has 0 saturated carbocycles. The van der Waals surface area contributed by atoms with Crippen molar-refractivity contribution < 1.29 is 13.2 Å². The van der Waals surface area contributed by atoms with Crippen molar-refractivity contribution in [3.8, 4) is 0 Å². The molecule has 0 spiro atoms. The van der Waals surface area contributed by atoms with E-state index in [2.05, 4.69) is 13.8 Å². The van der Waals surface area contributed by atoms with Crippen molar-refractivity contribution in [3.63, 3.8) is 0 Å². The summed E-state index contributed by atoms with van der Waals surface area (Å²) >= 11 is 0. The van der Waals surface area contributed by atoms with E-state index < -0.39 is 10.0 Å². The lowest BCUT2D eigenvalue weighted by molar-refractivity contribution is -0.121. The van der Waals surface area contributed by atoms with Crippen LogP contribution in [0, 0.1) is 17.8 Å². The third kappa shape index (κ3) is 6.89. The van der Waals surface area contributed by atoms with Crippen molar-refractivity contribution in [1.29, 1.82) is 0 Å². The zero-order valence-electron chi connectivity index (χ0n) is 13.5. The molecular formula is C15H30N2O3S. The fraction of sp³-hybridized carbons (Fsp3) is 0.933. The molecule has 0 aliphatic carbocycles. The molecule has 5 nitrogen and oxygen atoms in total. The summed E-state index contributed by atoms with van der Waals surface area (Å²) in [5.74, 6) is 1.19. The monoisotopic (exact) mass is 318 g/mol. The number of carbonyl (C=O) groups excluding carboxylic acids is 1. The van der Waals surface area contributed by atoms with Crippen LogP contribution < -0.4 is 5.73 Å². The van der Waals surface area contributed by atoms with Gasteiger partial charge in [0.25, 0.3) is 0 Å². The number of hydrogen-bond acceptors (Lipinski definition) is 4. The van der Waals surface area contributed by atoms with Gasteiger partial charge in [-0.2, -0.15) is 0 Å². The van der Waals surface area contributed by atoms with E-state index in [9.17, 15) is 13.2 Å². The third-order valence-corrected chi connectivity index (χ3v) is 5.39. The third-order valence-electron chi connectivity index (χ3n) is 4.12. The highest BCUT2D eigenvalue weighted by Gasteiger charge is 2.27. The van der Waals surface area contributed by atoms with Crippen LogP contribution in [0.5, 0.6) is 0 Å². The van der Waals surface area contributed by atoms with Gasteiger partial charge in [-0.05, 0) is 43.6 Å². The molecule has 1 saturated heterocycles. The van der Waals surface area contributed by atoms with Crippen LogP contribution >= 0.6 is 0 Å². The second-order valence-corrected chi connectivity index (χ2v) is 8.79. The summed E-state index contributed by atoms with van der Waals surface area (Å²) in [6.45, 7) is 5.89. The van der Waals surface area contributed by atoms with Gasteiger partial charge in [-0.1, -0.05) is 13.8 Å². The molecule has 6 heteroatoms. The topological polar surface area (TPSA) is 80.5 Å². The summed E-state index contributed by atoms with van der Waals surface area (Å²) in [6.07, 6.45) is 5.02. The van der Waals surface area contributed by atoms with Crippen molar-refractivity contribution in [2.75, 3.05) is 25.9 Å². The molecule has 1 heterocycles. The Morgan fingerprint density at radius 2 is 2.05 bits per heavy atom. The molecule has 21 heavy (non-hydrogen) atoms. The smallest absolute Gasteiger partial charge is 0.211 e.